The van der Waals surface area contributed by atoms with Gasteiger partial charge in [-0.25, -0.2) is 9.18 Å². The largest absolute Gasteiger partial charge is 0.444 e. The highest BCUT2D eigenvalue weighted by molar-refractivity contribution is 9.10. The summed E-state index contributed by atoms with van der Waals surface area (Å²) in [5.74, 6) is -0.384. The van der Waals surface area contributed by atoms with Gasteiger partial charge in [0.25, 0.3) is 0 Å². The number of nitrogens with one attached hydrogen (secondary N) is 1. The minimum atomic E-state index is -0.551. The number of rotatable bonds is 3. The van der Waals surface area contributed by atoms with E-state index in [-0.39, 0.29) is 24.2 Å². The minimum absolute atomic E-state index is 0.0332. The van der Waals surface area contributed by atoms with E-state index in [1.807, 2.05) is 20.8 Å². The molecular formula is C18H24BrFN2O3. The van der Waals surface area contributed by atoms with E-state index < -0.39 is 11.7 Å². The molecule has 5 nitrogen and oxygen atoms in total. The van der Waals surface area contributed by atoms with Crippen LogP contribution >= 0.6 is 15.9 Å². The van der Waals surface area contributed by atoms with E-state index in [1.54, 1.807) is 17.0 Å². The number of nitrogens with zero attached hydrogens (tertiary/aromatic N) is 1. The summed E-state index contributed by atoms with van der Waals surface area (Å²) in [7, 11) is 0. The van der Waals surface area contributed by atoms with Crippen molar-refractivity contribution in [2.24, 2.45) is 0 Å². The minimum Gasteiger partial charge on any atom is -0.444 e. The number of hydrogen-bond donors (Lipinski definition) is 1. The Morgan fingerprint density at radius 3 is 2.76 bits per heavy atom. The molecule has 0 unspecified atom stereocenters. The van der Waals surface area contributed by atoms with Gasteiger partial charge in [0.15, 0.2) is 0 Å². The van der Waals surface area contributed by atoms with Gasteiger partial charge < -0.3 is 15.0 Å². The molecule has 0 aromatic heterocycles. The molecule has 25 heavy (non-hydrogen) atoms. The van der Waals surface area contributed by atoms with Crippen LogP contribution in [0.4, 0.5) is 9.18 Å². The highest BCUT2D eigenvalue weighted by Gasteiger charge is 2.26. The lowest BCUT2D eigenvalue weighted by molar-refractivity contribution is -0.131. The number of likely N-dealkylation sites (tertiary alicyclic amines) is 1. The topological polar surface area (TPSA) is 58.6 Å². The fraction of sp³-hybridized carbons (Fsp3) is 0.556. The van der Waals surface area contributed by atoms with Crippen LogP contribution in [-0.2, 0) is 16.0 Å². The Morgan fingerprint density at radius 1 is 1.40 bits per heavy atom. The second-order valence-electron chi connectivity index (χ2n) is 7.25. The molecule has 0 aliphatic carbocycles. The smallest absolute Gasteiger partial charge is 0.407 e. The van der Waals surface area contributed by atoms with Crippen LogP contribution in [0.1, 0.15) is 39.2 Å². The molecule has 1 aliphatic rings. The van der Waals surface area contributed by atoms with Crippen molar-refractivity contribution >= 4 is 27.9 Å². The molecule has 2 amide bonds. The van der Waals surface area contributed by atoms with Gasteiger partial charge in [-0.3, -0.25) is 4.79 Å². The van der Waals surface area contributed by atoms with Crippen molar-refractivity contribution in [1.29, 1.82) is 0 Å². The van der Waals surface area contributed by atoms with Gasteiger partial charge in [0.2, 0.25) is 5.91 Å². The van der Waals surface area contributed by atoms with Gasteiger partial charge in [0.05, 0.1) is 10.9 Å². The molecular weight excluding hydrogens is 391 g/mol. The van der Waals surface area contributed by atoms with Crippen molar-refractivity contribution < 1.29 is 18.7 Å². The molecule has 2 rings (SSSR count). The molecule has 1 N–H and O–H groups in total. The number of ether oxygens (including phenoxy) is 1. The molecule has 1 atom stereocenters. The molecule has 1 fully saturated rings. The Kier molecular flexibility index (Phi) is 6.43. The predicted octanol–water partition coefficient (Wildman–Crippen LogP) is 3.65. The summed E-state index contributed by atoms with van der Waals surface area (Å²) in [4.78, 5) is 26.1. The average molecular weight is 415 g/mol. The second kappa shape index (κ2) is 8.17. The first-order valence-corrected chi connectivity index (χ1v) is 9.14. The second-order valence-corrected chi connectivity index (χ2v) is 8.10. The zero-order chi connectivity index (χ0) is 18.6. The van der Waals surface area contributed by atoms with Crippen LogP contribution in [0, 0.1) is 5.82 Å². The molecule has 1 aliphatic heterocycles. The van der Waals surface area contributed by atoms with E-state index >= 15 is 0 Å². The van der Waals surface area contributed by atoms with Crippen molar-refractivity contribution in [2.45, 2.75) is 51.7 Å². The maximum atomic E-state index is 13.3. The first-order valence-electron chi connectivity index (χ1n) is 8.35. The Morgan fingerprint density at radius 2 is 2.12 bits per heavy atom. The molecule has 0 radical (unpaired) electrons. The number of hydrogen-bond acceptors (Lipinski definition) is 3. The van der Waals surface area contributed by atoms with Crippen molar-refractivity contribution in [3.63, 3.8) is 0 Å². The standard InChI is InChI=1S/C18H24BrFN2O3/c1-18(2,3)25-17(24)21-13-5-4-8-22(11-13)16(23)10-12-6-7-15(20)14(19)9-12/h6-7,9,13H,4-5,8,10-11H2,1-3H3,(H,21,24)/t13-/m0/s1. The van der Waals surface area contributed by atoms with E-state index in [0.717, 1.165) is 18.4 Å². The van der Waals surface area contributed by atoms with Gasteiger partial charge >= 0.3 is 6.09 Å². The van der Waals surface area contributed by atoms with Gasteiger partial charge in [-0.2, -0.15) is 0 Å². The third-order valence-electron chi connectivity index (χ3n) is 3.83. The zero-order valence-corrected chi connectivity index (χ0v) is 16.4. The SMILES string of the molecule is CC(C)(C)OC(=O)N[C@H]1CCCN(C(=O)Cc2ccc(F)c(Br)c2)C1. The molecule has 138 valence electrons. The summed E-state index contributed by atoms with van der Waals surface area (Å²) in [6.07, 6.45) is 1.37. The van der Waals surface area contributed by atoms with Gasteiger partial charge in [0, 0.05) is 19.1 Å². The molecule has 1 saturated heterocycles. The molecule has 0 bridgehead atoms. The van der Waals surface area contributed by atoms with E-state index in [1.165, 1.54) is 6.07 Å². The van der Waals surface area contributed by atoms with Crippen LogP contribution < -0.4 is 5.32 Å². The number of carbonyl (C=O) groups excluding carboxylic acids is 2. The number of carbonyl (C=O) groups is 2. The first kappa shape index (κ1) is 19.7. The third-order valence-corrected chi connectivity index (χ3v) is 4.44. The third kappa shape index (κ3) is 6.30. The quantitative estimate of drug-likeness (QED) is 0.820. The maximum absolute atomic E-state index is 13.3. The molecule has 0 spiro atoms. The van der Waals surface area contributed by atoms with Crippen molar-refractivity contribution in [3.8, 4) is 0 Å². The van der Waals surface area contributed by atoms with Crippen LogP contribution in [0.15, 0.2) is 22.7 Å². The van der Waals surface area contributed by atoms with E-state index in [2.05, 4.69) is 21.2 Å². The monoisotopic (exact) mass is 414 g/mol. The van der Waals surface area contributed by atoms with E-state index in [9.17, 15) is 14.0 Å². The Balaban J connectivity index is 1.90. The number of alkyl carbamates (subject to hydrolysis) is 1. The number of halogens is 2. The fourth-order valence-electron chi connectivity index (χ4n) is 2.73. The van der Waals surface area contributed by atoms with Crippen LogP contribution in [0.5, 0.6) is 0 Å². The summed E-state index contributed by atoms with van der Waals surface area (Å²) in [5, 5.41) is 2.83. The molecule has 1 aromatic carbocycles. The maximum Gasteiger partial charge on any atom is 0.407 e. The van der Waals surface area contributed by atoms with Crippen LogP contribution in [-0.4, -0.2) is 41.6 Å². The summed E-state index contributed by atoms with van der Waals surface area (Å²) < 4.78 is 18.9. The van der Waals surface area contributed by atoms with Gasteiger partial charge in [-0.15, -0.1) is 0 Å². The fourth-order valence-corrected chi connectivity index (χ4v) is 3.16. The first-order chi connectivity index (χ1) is 11.6. The molecule has 1 heterocycles. The highest BCUT2D eigenvalue weighted by Crippen LogP contribution is 2.19. The van der Waals surface area contributed by atoms with Crippen molar-refractivity contribution in [3.05, 3.63) is 34.1 Å². The van der Waals surface area contributed by atoms with Crippen molar-refractivity contribution in [1.82, 2.24) is 10.2 Å². The van der Waals surface area contributed by atoms with Gasteiger partial charge in [-0.05, 0) is 67.2 Å². The van der Waals surface area contributed by atoms with E-state index in [0.29, 0.717) is 17.6 Å². The number of benzene rings is 1. The van der Waals surface area contributed by atoms with Crippen LogP contribution in [0.25, 0.3) is 0 Å². The molecule has 7 heteroatoms. The van der Waals surface area contributed by atoms with Gasteiger partial charge in [-0.1, -0.05) is 6.07 Å². The zero-order valence-electron chi connectivity index (χ0n) is 14.8. The Bertz CT molecular complexity index is 646. The summed E-state index contributed by atoms with van der Waals surface area (Å²) in [6, 6.07) is 4.45. The highest BCUT2D eigenvalue weighted by atomic mass is 79.9. The lowest BCUT2D eigenvalue weighted by Gasteiger charge is -2.33. The van der Waals surface area contributed by atoms with Crippen LogP contribution in [0.3, 0.4) is 0 Å². The lowest BCUT2D eigenvalue weighted by atomic mass is 10.0. The van der Waals surface area contributed by atoms with Crippen LogP contribution in [0.2, 0.25) is 0 Å². The predicted molar refractivity (Wildman–Crippen MR) is 96.8 cm³/mol. The lowest BCUT2D eigenvalue weighted by Crippen LogP contribution is -2.50. The van der Waals surface area contributed by atoms with E-state index in [4.69, 9.17) is 4.74 Å². The Hall–Kier alpha value is -1.63. The molecule has 0 saturated carbocycles. The molecule has 1 aromatic rings. The Labute approximate surface area is 156 Å². The summed E-state index contributed by atoms with van der Waals surface area (Å²) in [6.45, 7) is 6.55. The summed E-state index contributed by atoms with van der Waals surface area (Å²) >= 11 is 3.13. The normalized spacial score (nSPS) is 18.0. The summed E-state index contributed by atoms with van der Waals surface area (Å²) in [5.41, 5.74) is 0.199. The van der Waals surface area contributed by atoms with Crippen molar-refractivity contribution in [2.75, 3.05) is 13.1 Å². The number of piperidine rings is 1. The van der Waals surface area contributed by atoms with Gasteiger partial charge in [0.1, 0.15) is 11.4 Å². The number of amides is 2. The average Bonchev–Trinajstić information content (AvgIpc) is 2.49.